The average molecular weight is 226 g/mol. The van der Waals surface area contributed by atoms with Crippen LogP contribution in [0.5, 0.6) is 0 Å². The van der Waals surface area contributed by atoms with Gasteiger partial charge in [-0.15, -0.1) is 0 Å². The standard InChI is InChI=1S/C11H14O5/c1-11(2)15-7-5-3-4-6-8(9(7)16-11)14-10(12)13-6/h3,5-9H,4H2,1-2H3/t6-,7+,8+,9+/m1/s1. The van der Waals surface area contributed by atoms with Crippen molar-refractivity contribution in [3.05, 3.63) is 12.2 Å². The fraction of sp³-hybridized carbons (Fsp3) is 0.727. The Kier molecular flexibility index (Phi) is 2.03. The summed E-state index contributed by atoms with van der Waals surface area (Å²) in [6.07, 6.45) is 2.88. The van der Waals surface area contributed by atoms with E-state index < -0.39 is 11.9 Å². The predicted molar refractivity (Wildman–Crippen MR) is 52.7 cm³/mol. The second kappa shape index (κ2) is 3.21. The summed E-state index contributed by atoms with van der Waals surface area (Å²) >= 11 is 0. The van der Waals surface area contributed by atoms with Crippen LogP contribution in [0.1, 0.15) is 20.3 Å². The van der Waals surface area contributed by atoms with Crippen LogP contribution in [-0.4, -0.2) is 36.4 Å². The minimum Gasteiger partial charge on any atom is -0.427 e. The van der Waals surface area contributed by atoms with Crippen molar-refractivity contribution in [1.82, 2.24) is 0 Å². The third-order valence-corrected chi connectivity index (χ3v) is 3.03. The summed E-state index contributed by atoms with van der Waals surface area (Å²) in [7, 11) is 0. The molecule has 2 fully saturated rings. The van der Waals surface area contributed by atoms with Gasteiger partial charge in [-0.05, 0) is 13.8 Å². The smallest absolute Gasteiger partial charge is 0.427 e. The molecule has 88 valence electrons. The highest BCUT2D eigenvalue weighted by atomic mass is 16.8. The Morgan fingerprint density at radius 3 is 2.88 bits per heavy atom. The SMILES string of the molecule is CC1(C)O[C@@H]2[C@H]3OC(=O)O[C@@H]3CC=C[C@@H]2O1. The second-order valence-electron chi connectivity index (χ2n) is 4.72. The zero-order valence-electron chi connectivity index (χ0n) is 9.21. The lowest BCUT2D eigenvalue weighted by molar-refractivity contribution is -0.153. The van der Waals surface area contributed by atoms with Crippen LogP contribution in [0.3, 0.4) is 0 Å². The summed E-state index contributed by atoms with van der Waals surface area (Å²) in [5, 5.41) is 0. The molecular formula is C11H14O5. The number of carbonyl (C=O) groups is 1. The number of hydrogen-bond donors (Lipinski definition) is 0. The molecule has 0 aromatic rings. The number of carbonyl (C=O) groups excluding carboxylic acids is 1. The summed E-state index contributed by atoms with van der Waals surface area (Å²) < 4.78 is 21.7. The van der Waals surface area contributed by atoms with E-state index in [4.69, 9.17) is 18.9 Å². The monoisotopic (exact) mass is 226 g/mol. The summed E-state index contributed by atoms with van der Waals surface area (Å²) in [4.78, 5) is 11.1. The third-order valence-electron chi connectivity index (χ3n) is 3.03. The van der Waals surface area contributed by atoms with Gasteiger partial charge in [0, 0.05) is 6.42 Å². The molecule has 5 heteroatoms. The van der Waals surface area contributed by atoms with Crippen LogP contribution in [0.15, 0.2) is 12.2 Å². The molecule has 0 N–H and O–H groups in total. The van der Waals surface area contributed by atoms with E-state index in [0.717, 1.165) is 0 Å². The maximum absolute atomic E-state index is 11.1. The van der Waals surface area contributed by atoms with Crippen LogP contribution >= 0.6 is 0 Å². The first-order valence-electron chi connectivity index (χ1n) is 5.45. The molecule has 2 saturated heterocycles. The topological polar surface area (TPSA) is 54.0 Å². The number of ether oxygens (including phenoxy) is 4. The molecule has 2 aliphatic heterocycles. The molecule has 0 bridgehead atoms. The minimum absolute atomic E-state index is 0.167. The van der Waals surface area contributed by atoms with Crippen LogP contribution in [0, 0.1) is 0 Å². The fourth-order valence-electron chi connectivity index (χ4n) is 2.43. The lowest BCUT2D eigenvalue weighted by atomic mass is 10.1. The molecule has 3 aliphatic rings. The quantitative estimate of drug-likeness (QED) is 0.461. The Morgan fingerprint density at radius 2 is 2.06 bits per heavy atom. The van der Waals surface area contributed by atoms with Gasteiger partial charge in [-0.2, -0.15) is 0 Å². The van der Waals surface area contributed by atoms with Crippen LogP contribution in [0.25, 0.3) is 0 Å². The molecule has 0 unspecified atom stereocenters. The Hall–Kier alpha value is -1.07. The van der Waals surface area contributed by atoms with E-state index in [1.54, 1.807) is 0 Å². The normalized spacial score (nSPS) is 44.2. The maximum atomic E-state index is 11.1. The van der Waals surface area contributed by atoms with E-state index in [0.29, 0.717) is 6.42 Å². The van der Waals surface area contributed by atoms with Gasteiger partial charge in [-0.25, -0.2) is 4.79 Å². The molecular weight excluding hydrogens is 212 g/mol. The Labute approximate surface area is 93.3 Å². The second-order valence-corrected chi connectivity index (χ2v) is 4.72. The largest absolute Gasteiger partial charge is 0.509 e. The molecule has 2 heterocycles. The molecule has 0 spiro atoms. The van der Waals surface area contributed by atoms with Crippen molar-refractivity contribution in [3.8, 4) is 0 Å². The van der Waals surface area contributed by atoms with E-state index in [-0.39, 0.29) is 24.4 Å². The highest BCUT2D eigenvalue weighted by Gasteiger charge is 2.52. The summed E-state index contributed by atoms with van der Waals surface area (Å²) in [6.45, 7) is 3.70. The molecule has 1 aliphatic carbocycles. The summed E-state index contributed by atoms with van der Waals surface area (Å²) in [5.74, 6) is -0.642. The van der Waals surface area contributed by atoms with E-state index >= 15 is 0 Å². The van der Waals surface area contributed by atoms with Gasteiger partial charge >= 0.3 is 6.16 Å². The van der Waals surface area contributed by atoms with E-state index in [2.05, 4.69) is 0 Å². The van der Waals surface area contributed by atoms with Crippen molar-refractivity contribution in [3.63, 3.8) is 0 Å². The van der Waals surface area contributed by atoms with Crippen molar-refractivity contribution in [2.75, 3.05) is 0 Å². The van der Waals surface area contributed by atoms with Gasteiger partial charge in [0.1, 0.15) is 18.3 Å². The third kappa shape index (κ3) is 1.51. The maximum Gasteiger partial charge on any atom is 0.509 e. The molecule has 0 saturated carbocycles. The number of hydrogen-bond acceptors (Lipinski definition) is 5. The lowest BCUT2D eigenvalue weighted by Crippen LogP contribution is -2.39. The summed E-state index contributed by atoms with van der Waals surface area (Å²) in [6, 6.07) is 0. The minimum atomic E-state index is -0.642. The van der Waals surface area contributed by atoms with Crippen molar-refractivity contribution in [2.24, 2.45) is 0 Å². The van der Waals surface area contributed by atoms with E-state index in [9.17, 15) is 4.79 Å². The van der Waals surface area contributed by atoms with Crippen LogP contribution in [-0.2, 0) is 18.9 Å². The molecule has 0 radical (unpaired) electrons. The molecule has 0 aromatic carbocycles. The number of rotatable bonds is 0. The van der Waals surface area contributed by atoms with Gasteiger partial charge in [0.2, 0.25) is 0 Å². The molecule has 3 rings (SSSR count). The van der Waals surface area contributed by atoms with Crippen molar-refractivity contribution < 1.29 is 23.7 Å². The number of fused-ring (bicyclic) bond motifs is 3. The van der Waals surface area contributed by atoms with Crippen LogP contribution < -0.4 is 0 Å². The fourth-order valence-corrected chi connectivity index (χ4v) is 2.43. The van der Waals surface area contributed by atoms with Gasteiger partial charge in [-0.3, -0.25) is 0 Å². The molecule has 0 aromatic heterocycles. The van der Waals surface area contributed by atoms with Crippen molar-refractivity contribution in [1.29, 1.82) is 0 Å². The predicted octanol–water partition coefficient (Wildman–Crippen LogP) is 1.37. The Bertz CT molecular complexity index is 348. The molecule has 4 atom stereocenters. The average Bonchev–Trinajstić information content (AvgIpc) is 2.64. The van der Waals surface area contributed by atoms with Gasteiger partial charge in [-0.1, -0.05) is 12.2 Å². The van der Waals surface area contributed by atoms with Gasteiger partial charge in [0.15, 0.2) is 11.9 Å². The van der Waals surface area contributed by atoms with Crippen molar-refractivity contribution in [2.45, 2.75) is 50.5 Å². The first-order chi connectivity index (χ1) is 7.55. The highest BCUT2D eigenvalue weighted by Crippen LogP contribution is 2.37. The molecule has 5 nitrogen and oxygen atoms in total. The van der Waals surface area contributed by atoms with Gasteiger partial charge < -0.3 is 18.9 Å². The lowest BCUT2D eigenvalue weighted by Gasteiger charge is -2.21. The van der Waals surface area contributed by atoms with Crippen molar-refractivity contribution >= 4 is 6.16 Å². The first kappa shape index (κ1) is 10.1. The van der Waals surface area contributed by atoms with Crippen LogP contribution in [0.2, 0.25) is 0 Å². The van der Waals surface area contributed by atoms with Gasteiger partial charge in [0.25, 0.3) is 0 Å². The molecule has 16 heavy (non-hydrogen) atoms. The van der Waals surface area contributed by atoms with Crippen LogP contribution in [0.4, 0.5) is 4.79 Å². The molecule has 0 amide bonds. The first-order valence-corrected chi connectivity index (χ1v) is 5.45. The zero-order valence-corrected chi connectivity index (χ0v) is 9.21. The summed E-state index contributed by atoms with van der Waals surface area (Å²) in [5.41, 5.74) is 0. The zero-order chi connectivity index (χ0) is 11.3. The van der Waals surface area contributed by atoms with Gasteiger partial charge in [0.05, 0.1) is 0 Å². The Morgan fingerprint density at radius 1 is 1.25 bits per heavy atom. The van der Waals surface area contributed by atoms with E-state index in [1.165, 1.54) is 0 Å². The highest BCUT2D eigenvalue weighted by molar-refractivity contribution is 5.62. The Balaban J connectivity index is 1.88. The van der Waals surface area contributed by atoms with E-state index in [1.807, 2.05) is 26.0 Å².